The Morgan fingerprint density at radius 2 is 1.95 bits per heavy atom. The van der Waals surface area contributed by atoms with Gasteiger partial charge in [-0.3, -0.25) is 4.18 Å². The fraction of sp³-hybridized carbons (Fsp3) is 0.917. The monoisotopic (exact) mass is 293 g/mol. The average molecular weight is 293 g/mol. The van der Waals surface area contributed by atoms with Gasteiger partial charge in [-0.05, 0) is 40.0 Å². The molecule has 1 aliphatic heterocycles. The van der Waals surface area contributed by atoms with Crippen molar-refractivity contribution in [3.05, 3.63) is 0 Å². The summed E-state index contributed by atoms with van der Waals surface area (Å²) in [6.45, 7) is 10.7. The number of amides is 1. The summed E-state index contributed by atoms with van der Waals surface area (Å²) in [5, 5.41) is 0. The third-order valence-corrected chi connectivity index (χ3v) is 4.09. The number of rotatable bonds is 2. The molecule has 0 aromatic carbocycles. The van der Waals surface area contributed by atoms with Crippen LogP contribution in [0.25, 0.3) is 0 Å². The largest absolute Gasteiger partial charge is 0.443 e. The lowest BCUT2D eigenvalue weighted by molar-refractivity contribution is 0.0246. The molecule has 0 radical (unpaired) electrons. The summed E-state index contributed by atoms with van der Waals surface area (Å²) in [5.41, 5.74) is -1.65. The number of nitrogens with zero attached hydrogens (tertiary/aromatic N) is 1. The molecule has 0 N–H and O–H groups in total. The van der Waals surface area contributed by atoms with Crippen molar-refractivity contribution in [2.45, 2.75) is 59.1 Å². The second kappa shape index (κ2) is 4.94. The quantitative estimate of drug-likeness (QED) is 0.781. The van der Waals surface area contributed by atoms with Gasteiger partial charge in [0.2, 0.25) is 0 Å². The Morgan fingerprint density at radius 1 is 1.42 bits per heavy atom. The van der Waals surface area contributed by atoms with E-state index in [4.69, 9.17) is 8.92 Å². The Morgan fingerprint density at radius 3 is 2.37 bits per heavy atom. The van der Waals surface area contributed by atoms with E-state index >= 15 is 0 Å². The fourth-order valence-electron chi connectivity index (χ4n) is 2.22. The first-order valence-electron chi connectivity index (χ1n) is 6.30. The van der Waals surface area contributed by atoms with E-state index in [-0.39, 0.29) is 12.5 Å². The van der Waals surface area contributed by atoms with Crippen molar-refractivity contribution in [3.63, 3.8) is 0 Å². The van der Waals surface area contributed by atoms with Crippen LogP contribution in [0.1, 0.15) is 48.0 Å². The highest BCUT2D eigenvalue weighted by Crippen LogP contribution is 2.35. The zero-order chi connectivity index (χ0) is 15.1. The minimum atomic E-state index is -4.05. The van der Waals surface area contributed by atoms with Crippen LogP contribution in [0, 0.1) is 5.92 Å². The van der Waals surface area contributed by atoms with Crippen LogP contribution in [0.15, 0.2) is 0 Å². The third kappa shape index (κ3) is 3.82. The van der Waals surface area contributed by atoms with Gasteiger partial charge in [0, 0.05) is 0 Å². The van der Waals surface area contributed by atoms with Crippen molar-refractivity contribution in [3.8, 4) is 0 Å². The van der Waals surface area contributed by atoms with Crippen LogP contribution in [0.4, 0.5) is 4.79 Å². The Bertz CT molecular complexity index is 451. The Kier molecular flexibility index (Phi) is 4.22. The molecule has 0 aliphatic carbocycles. The number of hydrogen-bond acceptors (Lipinski definition) is 5. The van der Waals surface area contributed by atoms with Crippen molar-refractivity contribution < 1.29 is 22.1 Å². The summed E-state index contributed by atoms with van der Waals surface area (Å²) in [6.07, 6.45) is -0.362. The van der Waals surface area contributed by atoms with E-state index in [0.717, 1.165) is 4.31 Å². The van der Waals surface area contributed by atoms with Crippen LogP contribution < -0.4 is 0 Å². The van der Waals surface area contributed by atoms with E-state index in [1.807, 2.05) is 13.8 Å². The average Bonchev–Trinajstić information content (AvgIpc) is 2.32. The van der Waals surface area contributed by atoms with Crippen LogP contribution >= 0.6 is 0 Å². The van der Waals surface area contributed by atoms with Gasteiger partial charge in [0.1, 0.15) is 5.60 Å². The van der Waals surface area contributed by atoms with E-state index in [1.165, 1.54) is 0 Å². The fourth-order valence-corrected chi connectivity index (χ4v) is 3.61. The van der Waals surface area contributed by atoms with Gasteiger partial charge in [-0.25, -0.2) is 4.79 Å². The molecule has 6 nitrogen and oxygen atoms in total. The van der Waals surface area contributed by atoms with E-state index in [0.29, 0.717) is 6.42 Å². The Balaban J connectivity index is 3.06. The summed E-state index contributed by atoms with van der Waals surface area (Å²) in [5.74, 6) is 0.229. The second-order valence-electron chi connectivity index (χ2n) is 6.56. The number of carbonyl (C=O) groups excluding carboxylic acids is 1. The van der Waals surface area contributed by atoms with E-state index < -0.39 is 27.5 Å². The van der Waals surface area contributed by atoms with Gasteiger partial charge in [-0.1, -0.05) is 13.8 Å². The second-order valence-corrected chi connectivity index (χ2v) is 8.02. The summed E-state index contributed by atoms with van der Waals surface area (Å²) in [6, 6.07) is 0. The minimum Gasteiger partial charge on any atom is -0.443 e. The molecule has 19 heavy (non-hydrogen) atoms. The van der Waals surface area contributed by atoms with E-state index in [1.54, 1.807) is 27.7 Å². The van der Waals surface area contributed by atoms with E-state index in [2.05, 4.69) is 0 Å². The van der Waals surface area contributed by atoms with Crippen molar-refractivity contribution in [2.24, 2.45) is 5.92 Å². The smallest absolute Gasteiger partial charge is 0.426 e. The van der Waals surface area contributed by atoms with Gasteiger partial charge >= 0.3 is 16.4 Å². The molecule has 1 fully saturated rings. The Hall–Kier alpha value is -0.820. The maximum atomic E-state index is 12.1. The lowest BCUT2D eigenvalue weighted by Gasteiger charge is -2.33. The first-order valence-corrected chi connectivity index (χ1v) is 7.67. The first kappa shape index (κ1) is 16.2. The molecule has 1 amide bonds. The number of ether oxygens (including phenoxy) is 1. The number of hydrogen-bond donors (Lipinski definition) is 0. The maximum absolute atomic E-state index is 12.1. The lowest BCUT2D eigenvalue weighted by atomic mass is 9.92. The molecule has 1 aliphatic rings. The van der Waals surface area contributed by atoms with Gasteiger partial charge in [-0.15, -0.1) is 0 Å². The van der Waals surface area contributed by atoms with E-state index in [9.17, 15) is 13.2 Å². The van der Waals surface area contributed by atoms with Gasteiger partial charge in [0.15, 0.2) is 0 Å². The summed E-state index contributed by atoms with van der Waals surface area (Å²) in [7, 11) is -4.05. The summed E-state index contributed by atoms with van der Waals surface area (Å²) in [4.78, 5) is 12.1. The summed E-state index contributed by atoms with van der Waals surface area (Å²) < 4.78 is 34.5. The van der Waals surface area contributed by atoms with Crippen LogP contribution in [-0.4, -0.2) is 36.6 Å². The Labute approximate surface area is 115 Å². The maximum Gasteiger partial charge on any atom is 0.426 e. The van der Waals surface area contributed by atoms with Gasteiger partial charge in [0.25, 0.3) is 0 Å². The van der Waals surface area contributed by atoms with Crippen molar-refractivity contribution in [1.29, 1.82) is 0 Å². The van der Waals surface area contributed by atoms with Crippen LogP contribution in [0.2, 0.25) is 0 Å². The van der Waals surface area contributed by atoms with Crippen LogP contribution in [0.5, 0.6) is 0 Å². The minimum absolute atomic E-state index is 0.0350. The van der Waals surface area contributed by atoms with Gasteiger partial charge < -0.3 is 4.74 Å². The molecule has 112 valence electrons. The predicted molar refractivity (Wildman–Crippen MR) is 70.8 cm³/mol. The molecular weight excluding hydrogens is 270 g/mol. The first-order chi connectivity index (χ1) is 8.37. The molecular formula is C12H23NO5S. The number of carbonyl (C=O) groups is 1. The van der Waals surface area contributed by atoms with Crippen molar-refractivity contribution in [2.75, 3.05) is 6.61 Å². The zero-order valence-electron chi connectivity index (χ0n) is 12.4. The highest BCUT2D eigenvalue weighted by molar-refractivity contribution is 7.85. The highest BCUT2D eigenvalue weighted by atomic mass is 32.2. The normalized spacial score (nSPS) is 26.8. The van der Waals surface area contributed by atoms with Crippen molar-refractivity contribution >= 4 is 16.4 Å². The lowest BCUT2D eigenvalue weighted by Crippen LogP contribution is -2.50. The molecule has 0 unspecified atom stereocenters. The van der Waals surface area contributed by atoms with Crippen LogP contribution in [-0.2, 0) is 19.2 Å². The molecule has 1 atom stereocenters. The van der Waals surface area contributed by atoms with Crippen molar-refractivity contribution in [1.82, 2.24) is 4.31 Å². The topological polar surface area (TPSA) is 72.9 Å². The molecule has 1 rings (SSSR count). The SMILES string of the molecule is CC(C)C[C@@]1(C)COS(=O)(=O)N1C(=O)OC(C)(C)C. The zero-order valence-corrected chi connectivity index (χ0v) is 13.2. The molecule has 0 aromatic rings. The molecule has 0 spiro atoms. The molecule has 0 saturated carbocycles. The molecule has 1 heterocycles. The predicted octanol–water partition coefficient (Wildman–Crippen LogP) is 2.30. The highest BCUT2D eigenvalue weighted by Gasteiger charge is 2.52. The molecule has 7 heteroatoms. The molecule has 0 aromatic heterocycles. The third-order valence-electron chi connectivity index (χ3n) is 2.64. The van der Waals surface area contributed by atoms with Gasteiger partial charge in [-0.2, -0.15) is 12.7 Å². The molecule has 0 bridgehead atoms. The van der Waals surface area contributed by atoms with Gasteiger partial charge in [0.05, 0.1) is 12.1 Å². The van der Waals surface area contributed by atoms with Crippen LogP contribution in [0.3, 0.4) is 0 Å². The summed E-state index contributed by atoms with van der Waals surface area (Å²) >= 11 is 0. The standard InChI is InChI=1S/C12H23NO5S/c1-9(2)7-12(6)8-17-19(15,16)13(12)10(14)18-11(3,4)5/h9H,7-8H2,1-6H3/t12-/m0/s1. The molecule has 1 saturated heterocycles.